The van der Waals surface area contributed by atoms with Gasteiger partial charge in [0.25, 0.3) is 0 Å². The molecular formula is C15H25N3. The number of pyridine rings is 1. The Morgan fingerprint density at radius 1 is 1.28 bits per heavy atom. The van der Waals surface area contributed by atoms with Crippen LogP contribution in [0, 0.1) is 6.92 Å². The summed E-state index contributed by atoms with van der Waals surface area (Å²) >= 11 is 0. The molecule has 1 N–H and O–H groups in total. The van der Waals surface area contributed by atoms with Gasteiger partial charge in [-0.05, 0) is 50.8 Å². The summed E-state index contributed by atoms with van der Waals surface area (Å²) in [5.74, 6) is 1.10. The van der Waals surface area contributed by atoms with Crippen LogP contribution < -0.4 is 10.2 Å². The van der Waals surface area contributed by atoms with Crippen LogP contribution in [-0.2, 0) is 0 Å². The first kappa shape index (κ1) is 13.3. The quantitative estimate of drug-likeness (QED) is 0.886. The van der Waals surface area contributed by atoms with E-state index in [0.717, 1.165) is 18.4 Å². The molecule has 0 unspecified atom stereocenters. The Hall–Kier alpha value is -1.09. The highest BCUT2D eigenvalue weighted by Gasteiger charge is 2.23. The Morgan fingerprint density at radius 3 is 2.56 bits per heavy atom. The van der Waals surface area contributed by atoms with E-state index < -0.39 is 0 Å². The van der Waals surface area contributed by atoms with Gasteiger partial charge in [-0.3, -0.25) is 0 Å². The Bertz CT molecular complexity index is 353. The summed E-state index contributed by atoms with van der Waals surface area (Å²) in [5, 5.41) is 3.56. The molecule has 1 saturated carbocycles. The third-order valence-electron chi connectivity index (χ3n) is 3.99. The van der Waals surface area contributed by atoms with E-state index in [1.165, 1.54) is 31.2 Å². The molecule has 1 aliphatic rings. The van der Waals surface area contributed by atoms with Crippen LogP contribution in [0.2, 0.25) is 0 Å². The minimum atomic E-state index is 0.648. The van der Waals surface area contributed by atoms with E-state index in [-0.39, 0.29) is 0 Å². The number of aromatic nitrogens is 1. The molecule has 2 rings (SSSR count). The maximum atomic E-state index is 4.52. The van der Waals surface area contributed by atoms with E-state index in [9.17, 15) is 0 Å². The fourth-order valence-electron chi connectivity index (χ4n) is 2.81. The van der Waals surface area contributed by atoms with Crippen LogP contribution in [0.15, 0.2) is 18.3 Å². The number of hydrogen-bond donors (Lipinski definition) is 1. The lowest BCUT2D eigenvalue weighted by Gasteiger charge is -2.35. The molecule has 3 nitrogen and oxygen atoms in total. The Labute approximate surface area is 111 Å². The highest BCUT2D eigenvalue weighted by atomic mass is 15.2. The summed E-state index contributed by atoms with van der Waals surface area (Å²) in [6, 6.07) is 5.65. The van der Waals surface area contributed by atoms with Crippen molar-refractivity contribution in [2.45, 2.75) is 51.6 Å². The molecule has 1 fully saturated rings. The molecule has 0 bridgehead atoms. The minimum Gasteiger partial charge on any atom is -0.357 e. The predicted octanol–water partition coefficient (Wildman–Crippen LogP) is 2.75. The van der Waals surface area contributed by atoms with Gasteiger partial charge < -0.3 is 10.2 Å². The Balaban J connectivity index is 1.91. The fraction of sp³-hybridized carbons (Fsp3) is 0.667. The second-order valence-electron chi connectivity index (χ2n) is 5.37. The normalized spacial score (nSPS) is 23.9. The number of hydrogen-bond acceptors (Lipinski definition) is 3. The number of nitrogens with zero attached hydrogens (tertiary/aromatic N) is 2. The van der Waals surface area contributed by atoms with E-state index in [4.69, 9.17) is 0 Å². The lowest BCUT2D eigenvalue weighted by molar-refractivity contribution is 0.340. The monoisotopic (exact) mass is 247 g/mol. The summed E-state index contributed by atoms with van der Waals surface area (Å²) < 4.78 is 0. The van der Waals surface area contributed by atoms with Gasteiger partial charge in [0.05, 0.1) is 0 Å². The maximum absolute atomic E-state index is 4.52. The molecule has 0 radical (unpaired) electrons. The molecule has 1 aromatic rings. The van der Waals surface area contributed by atoms with Crippen molar-refractivity contribution in [2.75, 3.05) is 18.5 Å². The van der Waals surface area contributed by atoms with Crippen molar-refractivity contribution in [3.63, 3.8) is 0 Å². The van der Waals surface area contributed by atoms with Gasteiger partial charge in [0.1, 0.15) is 5.82 Å². The third kappa shape index (κ3) is 3.22. The van der Waals surface area contributed by atoms with Gasteiger partial charge in [0.2, 0.25) is 0 Å². The molecular weight excluding hydrogens is 222 g/mol. The highest BCUT2D eigenvalue weighted by molar-refractivity contribution is 5.39. The van der Waals surface area contributed by atoms with Gasteiger partial charge in [0, 0.05) is 25.3 Å². The Morgan fingerprint density at radius 2 is 2.00 bits per heavy atom. The molecule has 0 atom stereocenters. The molecule has 1 aromatic heterocycles. The smallest absolute Gasteiger partial charge is 0.128 e. The number of aryl methyl sites for hydroxylation is 1. The van der Waals surface area contributed by atoms with Gasteiger partial charge in [-0.2, -0.15) is 0 Å². The lowest BCUT2D eigenvalue weighted by Crippen LogP contribution is -2.41. The first-order valence-corrected chi connectivity index (χ1v) is 7.09. The minimum absolute atomic E-state index is 0.648. The molecule has 1 aliphatic carbocycles. The lowest BCUT2D eigenvalue weighted by atomic mass is 9.90. The molecule has 0 aliphatic heterocycles. The number of anilines is 1. The van der Waals surface area contributed by atoms with Crippen LogP contribution in [0.5, 0.6) is 0 Å². The van der Waals surface area contributed by atoms with Crippen LogP contribution in [-0.4, -0.2) is 30.7 Å². The molecule has 0 aromatic carbocycles. The van der Waals surface area contributed by atoms with Crippen molar-refractivity contribution in [3.05, 3.63) is 23.9 Å². The van der Waals surface area contributed by atoms with Crippen LogP contribution >= 0.6 is 0 Å². The average molecular weight is 247 g/mol. The van der Waals surface area contributed by atoms with Crippen molar-refractivity contribution < 1.29 is 0 Å². The second kappa shape index (κ2) is 6.19. The predicted molar refractivity (Wildman–Crippen MR) is 77.1 cm³/mol. The highest BCUT2D eigenvalue weighted by Crippen LogP contribution is 2.25. The topological polar surface area (TPSA) is 28.2 Å². The first-order valence-electron chi connectivity index (χ1n) is 7.09. The summed E-state index contributed by atoms with van der Waals surface area (Å²) in [7, 11) is 2.18. The van der Waals surface area contributed by atoms with Crippen molar-refractivity contribution in [2.24, 2.45) is 0 Å². The largest absolute Gasteiger partial charge is 0.357 e. The molecule has 18 heavy (non-hydrogen) atoms. The van der Waals surface area contributed by atoms with E-state index in [2.05, 4.69) is 48.2 Å². The van der Waals surface area contributed by atoms with E-state index in [0.29, 0.717) is 6.04 Å². The third-order valence-corrected chi connectivity index (χ3v) is 3.99. The molecule has 0 spiro atoms. The first-order chi connectivity index (χ1) is 8.70. The summed E-state index contributed by atoms with van der Waals surface area (Å²) in [6.07, 6.45) is 7.06. The van der Waals surface area contributed by atoms with Crippen LogP contribution in [0.3, 0.4) is 0 Å². The van der Waals surface area contributed by atoms with Gasteiger partial charge in [-0.1, -0.05) is 13.0 Å². The second-order valence-corrected chi connectivity index (χ2v) is 5.37. The molecule has 0 saturated heterocycles. The van der Waals surface area contributed by atoms with Crippen LogP contribution in [0.4, 0.5) is 5.82 Å². The van der Waals surface area contributed by atoms with Crippen molar-refractivity contribution in [3.8, 4) is 0 Å². The number of nitrogens with one attached hydrogen (secondary N) is 1. The summed E-state index contributed by atoms with van der Waals surface area (Å²) in [6.45, 7) is 5.36. The number of rotatable bonds is 4. The molecule has 3 heteroatoms. The van der Waals surface area contributed by atoms with E-state index in [1.807, 2.05) is 6.20 Å². The standard InChI is InChI=1S/C15H25N3/c1-4-16-13-6-8-14(9-7-13)18(3)15-10-5-12(2)11-17-15/h5,10-11,13-14,16H,4,6-9H2,1-3H3. The summed E-state index contributed by atoms with van der Waals surface area (Å²) in [5.41, 5.74) is 1.23. The maximum Gasteiger partial charge on any atom is 0.128 e. The van der Waals surface area contributed by atoms with Crippen molar-refractivity contribution in [1.82, 2.24) is 10.3 Å². The Kier molecular flexibility index (Phi) is 4.59. The molecule has 0 amide bonds. The zero-order valence-corrected chi connectivity index (χ0v) is 11.8. The molecule has 1 heterocycles. The average Bonchev–Trinajstić information content (AvgIpc) is 2.40. The van der Waals surface area contributed by atoms with Gasteiger partial charge in [0.15, 0.2) is 0 Å². The van der Waals surface area contributed by atoms with Crippen LogP contribution in [0.25, 0.3) is 0 Å². The van der Waals surface area contributed by atoms with E-state index in [1.54, 1.807) is 0 Å². The van der Waals surface area contributed by atoms with Gasteiger partial charge >= 0.3 is 0 Å². The molecule has 100 valence electrons. The summed E-state index contributed by atoms with van der Waals surface area (Å²) in [4.78, 5) is 6.87. The van der Waals surface area contributed by atoms with Gasteiger partial charge in [-0.25, -0.2) is 4.98 Å². The van der Waals surface area contributed by atoms with Crippen LogP contribution in [0.1, 0.15) is 38.2 Å². The zero-order chi connectivity index (χ0) is 13.0. The van der Waals surface area contributed by atoms with Crippen molar-refractivity contribution >= 4 is 5.82 Å². The zero-order valence-electron chi connectivity index (χ0n) is 11.8. The SMILES string of the molecule is CCNC1CCC(N(C)c2ccc(C)cn2)CC1. The van der Waals surface area contributed by atoms with Gasteiger partial charge in [-0.15, -0.1) is 0 Å². The fourth-order valence-corrected chi connectivity index (χ4v) is 2.81. The van der Waals surface area contributed by atoms with Crippen molar-refractivity contribution in [1.29, 1.82) is 0 Å². The van der Waals surface area contributed by atoms with E-state index >= 15 is 0 Å².